The number of aromatic nitrogens is 2. The fraction of sp³-hybridized carbons (Fsp3) is 0.207. The van der Waals surface area contributed by atoms with E-state index in [4.69, 9.17) is 35.4 Å². The van der Waals surface area contributed by atoms with E-state index >= 15 is 0 Å². The zero-order valence-corrected chi connectivity index (χ0v) is 23.5. The van der Waals surface area contributed by atoms with Crippen LogP contribution in [0.1, 0.15) is 42.9 Å². The van der Waals surface area contributed by atoms with Crippen molar-refractivity contribution in [3.63, 3.8) is 0 Å². The number of nitrogens with one attached hydrogen (secondary N) is 2. The first-order valence-corrected chi connectivity index (χ1v) is 13.5. The Morgan fingerprint density at radius 3 is 2.58 bits per heavy atom. The van der Waals surface area contributed by atoms with E-state index in [1.165, 1.54) is 0 Å². The molecule has 1 fully saturated rings. The van der Waals surface area contributed by atoms with Crippen molar-refractivity contribution in [3.8, 4) is 5.69 Å². The van der Waals surface area contributed by atoms with Crippen molar-refractivity contribution < 1.29 is 4.79 Å². The number of carbonyl (C=O) groups excluding carboxylic acids is 1. The molecule has 6 nitrogen and oxygen atoms in total. The zero-order chi connectivity index (χ0) is 27.0. The SMILES string of the molecule is Cc1cc(N2C(=S)N[C@@H](c3ccccn3)[C@@H]2c2cccn2-c2ccc(Cl)cc2Cl)ccc1NC(=O)C(C)C. The molecule has 5 rings (SSSR count). The molecule has 2 atom stereocenters. The molecular formula is C29H27Cl2N5OS. The van der Waals surface area contributed by atoms with Crippen LogP contribution in [0.15, 0.2) is 79.1 Å². The lowest BCUT2D eigenvalue weighted by atomic mass is 10.00. The smallest absolute Gasteiger partial charge is 0.226 e. The Kier molecular flexibility index (Phi) is 7.43. The number of pyridine rings is 1. The molecule has 4 aromatic rings. The summed E-state index contributed by atoms with van der Waals surface area (Å²) in [6.07, 6.45) is 3.76. The Balaban J connectivity index is 1.61. The fourth-order valence-electron chi connectivity index (χ4n) is 4.68. The molecule has 0 spiro atoms. The number of hydrogen-bond acceptors (Lipinski definition) is 3. The molecule has 2 aromatic heterocycles. The Morgan fingerprint density at radius 2 is 1.89 bits per heavy atom. The van der Waals surface area contributed by atoms with E-state index in [-0.39, 0.29) is 23.9 Å². The maximum atomic E-state index is 12.3. The molecule has 0 saturated carbocycles. The summed E-state index contributed by atoms with van der Waals surface area (Å²) < 4.78 is 2.06. The Hall–Kier alpha value is -3.39. The molecule has 1 amide bonds. The van der Waals surface area contributed by atoms with Gasteiger partial charge in [0.25, 0.3) is 0 Å². The highest BCUT2D eigenvalue weighted by Crippen LogP contribution is 2.43. The summed E-state index contributed by atoms with van der Waals surface area (Å²) in [6.45, 7) is 5.73. The lowest BCUT2D eigenvalue weighted by Gasteiger charge is -2.29. The second-order valence-electron chi connectivity index (χ2n) is 9.54. The number of benzene rings is 2. The third-order valence-corrected chi connectivity index (χ3v) is 7.47. The van der Waals surface area contributed by atoms with Crippen LogP contribution in [0.4, 0.5) is 11.4 Å². The minimum absolute atomic E-state index is 0.0232. The van der Waals surface area contributed by atoms with Gasteiger partial charge in [0.15, 0.2) is 5.11 Å². The first-order chi connectivity index (χ1) is 18.2. The molecule has 1 aliphatic rings. The van der Waals surface area contributed by atoms with E-state index in [1.807, 2.05) is 81.6 Å². The summed E-state index contributed by atoms with van der Waals surface area (Å²) in [5.41, 5.74) is 5.29. The summed E-state index contributed by atoms with van der Waals surface area (Å²) >= 11 is 18.7. The van der Waals surface area contributed by atoms with Crippen molar-refractivity contribution in [1.29, 1.82) is 0 Å². The molecule has 0 unspecified atom stereocenters. The van der Waals surface area contributed by atoms with Crippen molar-refractivity contribution in [2.24, 2.45) is 5.92 Å². The lowest BCUT2D eigenvalue weighted by Crippen LogP contribution is -2.30. The second kappa shape index (κ2) is 10.8. The molecule has 9 heteroatoms. The summed E-state index contributed by atoms with van der Waals surface area (Å²) in [5, 5.41) is 8.21. The number of thiocarbonyl (C=S) groups is 1. The van der Waals surface area contributed by atoms with Crippen LogP contribution in [0.2, 0.25) is 10.0 Å². The normalized spacial score (nSPS) is 17.1. The summed E-state index contributed by atoms with van der Waals surface area (Å²) in [4.78, 5) is 19.1. The van der Waals surface area contributed by atoms with Crippen LogP contribution in [0.3, 0.4) is 0 Å². The number of anilines is 2. The third-order valence-electron chi connectivity index (χ3n) is 6.62. The molecule has 2 aromatic carbocycles. The van der Waals surface area contributed by atoms with Crippen molar-refractivity contribution in [3.05, 3.63) is 106 Å². The number of aryl methyl sites for hydroxylation is 1. The number of carbonyl (C=O) groups is 1. The van der Waals surface area contributed by atoms with Gasteiger partial charge in [-0.3, -0.25) is 9.78 Å². The standard InChI is InChI=1S/C29H27Cl2N5OS/c1-17(2)28(37)33-22-11-10-20(15-18(22)3)36-27(26(34-29(36)38)23-7-4-5-13-32-23)25-8-6-14-35(25)24-12-9-19(30)16-21(24)31/h4-17,26-27H,1-3H3,(H,33,37)(H,34,38)/t26-,27-/m0/s1. The summed E-state index contributed by atoms with van der Waals surface area (Å²) in [6, 6.07) is 20.9. The van der Waals surface area contributed by atoms with Gasteiger partial charge in [0.2, 0.25) is 5.91 Å². The molecule has 38 heavy (non-hydrogen) atoms. The third kappa shape index (κ3) is 5.01. The topological polar surface area (TPSA) is 62.2 Å². The number of hydrogen-bond donors (Lipinski definition) is 2. The number of halogens is 2. The van der Waals surface area contributed by atoms with Gasteiger partial charge in [-0.15, -0.1) is 0 Å². The van der Waals surface area contributed by atoms with Crippen LogP contribution in [0.25, 0.3) is 5.69 Å². The van der Waals surface area contributed by atoms with Crippen molar-refractivity contribution >= 4 is 57.8 Å². The van der Waals surface area contributed by atoms with E-state index in [0.29, 0.717) is 15.2 Å². The highest BCUT2D eigenvalue weighted by atomic mass is 35.5. The molecule has 0 radical (unpaired) electrons. The molecule has 0 bridgehead atoms. The number of rotatable bonds is 6. The average Bonchev–Trinajstić information content (AvgIpc) is 3.50. The molecular weight excluding hydrogens is 537 g/mol. The monoisotopic (exact) mass is 563 g/mol. The van der Waals surface area contributed by atoms with Crippen LogP contribution < -0.4 is 15.5 Å². The van der Waals surface area contributed by atoms with Gasteiger partial charge in [0.05, 0.1) is 22.4 Å². The van der Waals surface area contributed by atoms with Gasteiger partial charge >= 0.3 is 0 Å². The van der Waals surface area contributed by atoms with Crippen molar-refractivity contribution in [1.82, 2.24) is 14.9 Å². The van der Waals surface area contributed by atoms with E-state index in [0.717, 1.165) is 34.0 Å². The number of amides is 1. The van der Waals surface area contributed by atoms with Crippen LogP contribution in [0.5, 0.6) is 0 Å². The van der Waals surface area contributed by atoms with Gasteiger partial charge in [-0.05, 0) is 85.4 Å². The second-order valence-corrected chi connectivity index (χ2v) is 10.8. The largest absolute Gasteiger partial charge is 0.351 e. The first kappa shape index (κ1) is 26.2. The Morgan fingerprint density at radius 1 is 1.08 bits per heavy atom. The van der Waals surface area contributed by atoms with Crippen LogP contribution in [-0.2, 0) is 4.79 Å². The molecule has 2 N–H and O–H groups in total. The van der Waals surface area contributed by atoms with Gasteiger partial charge in [-0.25, -0.2) is 0 Å². The van der Waals surface area contributed by atoms with E-state index < -0.39 is 0 Å². The average molecular weight is 565 g/mol. The predicted molar refractivity (Wildman–Crippen MR) is 158 cm³/mol. The van der Waals surface area contributed by atoms with Gasteiger partial charge in [0.1, 0.15) is 6.04 Å². The highest BCUT2D eigenvalue weighted by Gasteiger charge is 2.42. The zero-order valence-electron chi connectivity index (χ0n) is 21.2. The van der Waals surface area contributed by atoms with Crippen molar-refractivity contribution in [2.75, 3.05) is 10.2 Å². The molecule has 0 aliphatic carbocycles. The van der Waals surface area contributed by atoms with E-state index in [9.17, 15) is 4.79 Å². The Bertz CT molecular complexity index is 1500. The van der Waals surface area contributed by atoms with E-state index in [2.05, 4.69) is 31.2 Å². The summed E-state index contributed by atoms with van der Waals surface area (Å²) in [7, 11) is 0. The quantitative estimate of drug-likeness (QED) is 0.242. The lowest BCUT2D eigenvalue weighted by molar-refractivity contribution is -0.118. The summed E-state index contributed by atoms with van der Waals surface area (Å²) in [5.74, 6) is -0.134. The molecule has 194 valence electrons. The van der Waals surface area contributed by atoms with Gasteiger partial charge < -0.3 is 20.1 Å². The molecule has 1 saturated heterocycles. The maximum Gasteiger partial charge on any atom is 0.226 e. The Labute approximate surface area is 237 Å². The van der Waals surface area contributed by atoms with Gasteiger partial charge in [0, 0.05) is 40.4 Å². The molecule has 1 aliphatic heterocycles. The predicted octanol–water partition coefficient (Wildman–Crippen LogP) is 7.26. The van der Waals surface area contributed by atoms with Crippen LogP contribution >= 0.6 is 35.4 Å². The van der Waals surface area contributed by atoms with Crippen molar-refractivity contribution in [2.45, 2.75) is 32.9 Å². The van der Waals surface area contributed by atoms with E-state index in [1.54, 1.807) is 12.3 Å². The first-order valence-electron chi connectivity index (χ1n) is 12.3. The highest BCUT2D eigenvalue weighted by molar-refractivity contribution is 7.80. The van der Waals surface area contributed by atoms with Gasteiger partial charge in [-0.1, -0.05) is 43.1 Å². The maximum absolute atomic E-state index is 12.3. The fourth-order valence-corrected chi connectivity index (χ4v) is 5.53. The number of nitrogens with zero attached hydrogens (tertiary/aromatic N) is 3. The minimum atomic E-state index is -0.241. The van der Waals surface area contributed by atoms with Crippen LogP contribution in [-0.4, -0.2) is 20.6 Å². The van der Waals surface area contributed by atoms with Gasteiger partial charge in [-0.2, -0.15) is 0 Å². The molecule has 3 heterocycles. The van der Waals surface area contributed by atoms with Crippen LogP contribution in [0, 0.1) is 12.8 Å². The minimum Gasteiger partial charge on any atom is -0.351 e.